The molecule has 2 saturated carbocycles. The molecule has 1 aliphatic heterocycles. The first-order chi connectivity index (χ1) is 8.65. The largest absolute Gasteiger partial charge is 0.480 e. The molecular formula is C13H20N2O3. The van der Waals surface area contributed by atoms with Crippen molar-refractivity contribution in [1.82, 2.24) is 10.2 Å². The number of urea groups is 1. The molecule has 100 valence electrons. The summed E-state index contributed by atoms with van der Waals surface area (Å²) in [5, 5.41) is 12.1. The van der Waals surface area contributed by atoms with Crippen LogP contribution in [0.3, 0.4) is 0 Å². The van der Waals surface area contributed by atoms with E-state index in [4.69, 9.17) is 5.11 Å². The molecule has 0 aromatic rings. The zero-order chi connectivity index (χ0) is 12.7. The Morgan fingerprint density at radius 3 is 2.61 bits per heavy atom. The topological polar surface area (TPSA) is 69.6 Å². The van der Waals surface area contributed by atoms with Gasteiger partial charge in [0.05, 0.1) is 0 Å². The van der Waals surface area contributed by atoms with Gasteiger partial charge in [-0.15, -0.1) is 0 Å². The average molecular weight is 252 g/mol. The smallest absolute Gasteiger partial charge is 0.326 e. The summed E-state index contributed by atoms with van der Waals surface area (Å²) < 4.78 is 0. The highest BCUT2D eigenvalue weighted by Gasteiger charge is 2.42. The summed E-state index contributed by atoms with van der Waals surface area (Å²) in [6.07, 6.45) is 6.23. The predicted octanol–water partition coefficient (Wildman–Crippen LogP) is 1.43. The van der Waals surface area contributed by atoms with E-state index in [-0.39, 0.29) is 12.1 Å². The van der Waals surface area contributed by atoms with E-state index in [1.54, 1.807) is 0 Å². The Morgan fingerprint density at radius 1 is 1.17 bits per heavy atom. The van der Waals surface area contributed by atoms with Crippen LogP contribution in [0.25, 0.3) is 0 Å². The Morgan fingerprint density at radius 2 is 2.00 bits per heavy atom. The number of hydrogen-bond donors (Lipinski definition) is 2. The van der Waals surface area contributed by atoms with Crippen LogP contribution in [-0.4, -0.2) is 40.6 Å². The highest BCUT2D eigenvalue weighted by molar-refractivity contribution is 5.83. The van der Waals surface area contributed by atoms with Gasteiger partial charge in [0.1, 0.15) is 6.04 Å². The van der Waals surface area contributed by atoms with E-state index < -0.39 is 12.0 Å². The van der Waals surface area contributed by atoms with Gasteiger partial charge >= 0.3 is 12.0 Å². The van der Waals surface area contributed by atoms with Gasteiger partial charge in [-0.05, 0) is 43.9 Å². The van der Waals surface area contributed by atoms with E-state index in [1.165, 1.54) is 24.2 Å². The van der Waals surface area contributed by atoms with E-state index in [0.29, 0.717) is 18.9 Å². The molecule has 2 bridgehead atoms. The monoisotopic (exact) mass is 252 g/mol. The Labute approximate surface area is 107 Å². The molecule has 0 spiro atoms. The number of hydrogen-bond acceptors (Lipinski definition) is 2. The Bertz CT molecular complexity index is 371. The lowest BCUT2D eigenvalue weighted by atomic mass is 9.95. The summed E-state index contributed by atoms with van der Waals surface area (Å²) in [5.41, 5.74) is 0. The SMILES string of the molecule is O=C(O)[C@@H]1CCCN1C(=O)NC1CC2CCC1C2. The molecule has 3 aliphatic rings. The van der Waals surface area contributed by atoms with Gasteiger partial charge < -0.3 is 15.3 Å². The number of aliphatic carboxylic acids is 1. The van der Waals surface area contributed by atoms with Crippen molar-refractivity contribution in [1.29, 1.82) is 0 Å². The zero-order valence-corrected chi connectivity index (χ0v) is 10.5. The maximum Gasteiger partial charge on any atom is 0.326 e. The summed E-state index contributed by atoms with van der Waals surface area (Å²) in [6.45, 7) is 0.573. The normalized spacial score (nSPS) is 38.1. The van der Waals surface area contributed by atoms with Crippen molar-refractivity contribution < 1.29 is 14.7 Å². The first kappa shape index (κ1) is 11.8. The van der Waals surface area contributed by atoms with E-state index in [0.717, 1.165) is 18.8 Å². The van der Waals surface area contributed by atoms with Crippen LogP contribution in [0.4, 0.5) is 4.79 Å². The number of amides is 2. The lowest BCUT2D eigenvalue weighted by Gasteiger charge is -2.28. The molecule has 0 radical (unpaired) electrons. The van der Waals surface area contributed by atoms with Crippen LogP contribution in [0.15, 0.2) is 0 Å². The fraction of sp³-hybridized carbons (Fsp3) is 0.846. The fourth-order valence-corrected chi connectivity index (χ4v) is 3.93. The molecule has 0 aromatic carbocycles. The second kappa shape index (κ2) is 4.44. The van der Waals surface area contributed by atoms with E-state index >= 15 is 0 Å². The molecule has 3 unspecified atom stereocenters. The van der Waals surface area contributed by atoms with Crippen molar-refractivity contribution in [2.24, 2.45) is 11.8 Å². The van der Waals surface area contributed by atoms with Crippen LogP contribution < -0.4 is 5.32 Å². The van der Waals surface area contributed by atoms with Crippen molar-refractivity contribution in [3.63, 3.8) is 0 Å². The van der Waals surface area contributed by atoms with Crippen LogP contribution in [0, 0.1) is 11.8 Å². The van der Waals surface area contributed by atoms with Gasteiger partial charge in [0.25, 0.3) is 0 Å². The number of carboxylic acids is 1. The number of fused-ring (bicyclic) bond motifs is 2. The van der Waals surface area contributed by atoms with Gasteiger partial charge in [-0.2, -0.15) is 0 Å². The van der Waals surface area contributed by atoms with Gasteiger partial charge in [-0.25, -0.2) is 9.59 Å². The van der Waals surface area contributed by atoms with Crippen LogP contribution in [0.2, 0.25) is 0 Å². The Kier molecular flexibility index (Phi) is 2.92. The van der Waals surface area contributed by atoms with Crippen molar-refractivity contribution in [3.8, 4) is 0 Å². The fourth-order valence-electron chi connectivity index (χ4n) is 3.93. The maximum atomic E-state index is 12.1. The minimum atomic E-state index is -0.879. The van der Waals surface area contributed by atoms with Gasteiger partial charge in [0, 0.05) is 12.6 Å². The Hall–Kier alpha value is -1.26. The summed E-state index contributed by atoms with van der Waals surface area (Å²) in [5.74, 6) is 0.537. The van der Waals surface area contributed by atoms with Crippen molar-refractivity contribution >= 4 is 12.0 Å². The molecule has 18 heavy (non-hydrogen) atoms. The van der Waals surface area contributed by atoms with Crippen LogP contribution in [0.5, 0.6) is 0 Å². The average Bonchev–Trinajstić information content (AvgIpc) is 3.04. The van der Waals surface area contributed by atoms with E-state index in [2.05, 4.69) is 5.32 Å². The van der Waals surface area contributed by atoms with Gasteiger partial charge in [0.15, 0.2) is 0 Å². The number of likely N-dealkylation sites (tertiary alicyclic amines) is 1. The highest BCUT2D eigenvalue weighted by Crippen LogP contribution is 2.44. The molecule has 4 atom stereocenters. The molecule has 5 heteroatoms. The lowest BCUT2D eigenvalue weighted by molar-refractivity contribution is -0.141. The van der Waals surface area contributed by atoms with Crippen molar-refractivity contribution in [2.45, 2.75) is 50.6 Å². The summed E-state index contributed by atoms with van der Waals surface area (Å²) in [6, 6.07) is -0.507. The quantitative estimate of drug-likeness (QED) is 0.781. The molecular weight excluding hydrogens is 232 g/mol. The predicted molar refractivity (Wildman–Crippen MR) is 65.1 cm³/mol. The standard InChI is InChI=1S/C13H20N2O3/c16-12(17)11-2-1-5-15(11)13(18)14-10-7-8-3-4-9(10)6-8/h8-11H,1-7H2,(H,14,18)(H,16,17)/t8?,9?,10?,11-/m0/s1. The maximum absolute atomic E-state index is 12.1. The third kappa shape index (κ3) is 1.95. The number of carbonyl (C=O) groups is 2. The van der Waals surface area contributed by atoms with Gasteiger partial charge in [-0.1, -0.05) is 6.42 Å². The molecule has 5 nitrogen and oxygen atoms in total. The molecule has 0 aromatic heterocycles. The number of carbonyl (C=O) groups excluding carboxylic acids is 1. The molecule has 2 N–H and O–H groups in total. The van der Waals surface area contributed by atoms with Gasteiger partial charge in [-0.3, -0.25) is 0 Å². The van der Waals surface area contributed by atoms with Crippen molar-refractivity contribution in [3.05, 3.63) is 0 Å². The first-order valence-corrected chi connectivity index (χ1v) is 6.95. The zero-order valence-electron chi connectivity index (χ0n) is 10.5. The minimum Gasteiger partial charge on any atom is -0.480 e. The highest BCUT2D eigenvalue weighted by atomic mass is 16.4. The van der Waals surface area contributed by atoms with Crippen LogP contribution >= 0.6 is 0 Å². The molecule has 2 amide bonds. The second-order valence-corrected chi connectivity index (χ2v) is 5.92. The van der Waals surface area contributed by atoms with Gasteiger partial charge in [0.2, 0.25) is 0 Å². The summed E-state index contributed by atoms with van der Waals surface area (Å²) >= 11 is 0. The number of carboxylic acid groups (broad SMARTS) is 1. The first-order valence-electron chi connectivity index (χ1n) is 6.95. The molecule has 1 saturated heterocycles. The number of rotatable bonds is 2. The van der Waals surface area contributed by atoms with Crippen molar-refractivity contribution in [2.75, 3.05) is 6.54 Å². The molecule has 3 fully saturated rings. The summed E-state index contributed by atoms with van der Waals surface area (Å²) in [4.78, 5) is 24.7. The third-order valence-electron chi connectivity index (χ3n) is 4.85. The number of nitrogens with zero attached hydrogens (tertiary/aromatic N) is 1. The second-order valence-electron chi connectivity index (χ2n) is 5.92. The van der Waals surface area contributed by atoms with E-state index in [9.17, 15) is 9.59 Å². The lowest BCUT2D eigenvalue weighted by Crippen LogP contribution is -2.50. The minimum absolute atomic E-state index is 0.169. The van der Waals surface area contributed by atoms with Crippen LogP contribution in [-0.2, 0) is 4.79 Å². The van der Waals surface area contributed by atoms with E-state index in [1.807, 2.05) is 0 Å². The molecule has 1 heterocycles. The third-order valence-corrected chi connectivity index (χ3v) is 4.85. The molecule has 2 aliphatic carbocycles. The molecule has 3 rings (SSSR count). The van der Waals surface area contributed by atoms with Crippen LogP contribution in [0.1, 0.15) is 38.5 Å². The Balaban J connectivity index is 1.59. The summed E-state index contributed by atoms with van der Waals surface area (Å²) in [7, 11) is 0. The number of nitrogens with one attached hydrogen (secondary N) is 1.